The summed E-state index contributed by atoms with van der Waals surface area (Å²) in [4.78, 5) is 28.7. The van der Waals surface area contributed by atoms with E-state index in [-0.39, 0.29) is 17.6 Å². The van der Waals surface area contributed by atoms with Crippen molar-refractivity contribution in [2.75, 3.05) is 30.4 Å². The van der Waals surface area contributed by atoms with E-state index in [0.29, 0.717) is 25.2 Å². The summed E-state index contributed by atoms with van der Waals surface area (Å²) in [6, 6.07) is 1.61. The number of rotatable bonds is 4. The van der Waals surface area contributed by atoms with Crippen molar-refractivity contribution in [2.24, 2.45) is 0 Å². The molecule has 0 spiro atoms. The standard InChI is InChI=1S/C16H24N4O5/c1-16(2,3)25-15(21)24-11-6-5-9-19(10-11)12-7-8-18-14(17-4)13(12)20(22)23/h7-8,11H,5-6,9-10H2,1-4H3,(H,17,18)/t11-/m1/s1. The van der Waals surface area contributed by atoms with Gasteiger partial charge in [0.25, 0.3) is 0 Å². The van der Waals surface area contributed by atoms with Crippen LogP contribution < -0.4 is 10.2 Å². The molecule has 0 aromatic carbocycles. The van der Waals surface area contributed by atoms with Crippen molar-refractivity contribution in [3.8, 4) is 0 Å². The van der Waals surface area contributed by atoms with Crippen LogP contribution in [0, 0.1) is 10.1 Å². The van der Waals surface area contributed by atoms with Crippen LogP contribution in [0.4, 0.5) is 22.0 Å². The highest BCUT2D eigenvalue weighted by Gasteiger charge is 2.30. The second-order valence-electron chi connectivity index (χ2n) is 6.83. The Labute approximate surface area is 146 Å². The number of nitro groups is 1. The van der Waals surface area contributed by atoms with Crippen LogP contribution in [0.25, 0.3) is 0 Å². The maximum atomic E-state index is 11.9. The van der Waals surface area contributed by atoms with Crippen LogP contribution in [0.15, 0.2) is 12.3 Å². The number of ether oxygens (including phenoxy) is 2. The molecule has 1 saturated heterocycles. The van der Waals surface area contributed by atoms with Gasteiger partial charge >= 0.3 is 11.8 Å². The number of piperidine rings is 1. The van der Waals surface area contributed by atoms with Crippen molar-refractivity contribution in [1.29, 1.82) is 0 Å². The third-order valence-corrected chi connectivity index (χ3v) is 3.69. The first kappa shape index (κ1) is 18.8. The zero-order valence-corrected chi connectivity index (χ0v) is 14.9. The normalized spacial score (nSPS) is 17.8. The molecule has 1 N–H and O–H groups in total. The zero-order chi connectivity index (χ0) is 18.6. The van der Waals surface area contributed by atoms with Gasteiger partial charge in [-0.1, -0.05) is 0 Å². The van der Waals surface area contributed by atoms with Gasteiger partial charge in [0, 0.05) is 19.8 Å². The van der Waals surface area contributed by atoms with Crippen molar-refractivity contribution >= 4 is 23.3 Å². The quantitative estimate of drug-likeness (QED) is 0.501. The number of nitrogens with one attached hydrogen (secondary N) is 1. The first-order valence-electron chi connectivity index (χ1n) is 8.17. The van der Waals surface area contributed by atoms with Crippen LogP contribution in [-0.4, -0.2) is 47.9 Å². The van der Waals surface area contributed by atoms with Crippen LogP contribution in [-0.2, 0) is 9.47 Å². The molecule has 25 heavy (non-hydrogen) atoms. The molecule has 0 aliphatic carbocycles. The first-order chi connectivity index (χ1) is 11.7. The van der Waals surface area contributed by atoms with Gasteiger partial charge in [-0.3, -0.25) is 10.1 Å². The predicted octanol–water partition coefficient (Wildman–Crippen LogP) is 2.95. The molecule has 1 fully saturated rings. The van der Waals surface area contributed by atoms with Crippen LogP contribution in [0.2, 0.25) is 0 Å². The number of hydrogen-bond acceptors (Lipinski definition) is 8. The molecule has 2 rings (SSSR count). The smallest absolute Gasteiger partial charge is 0.429 e. The van der Waals surface area contributed by atoms with Crippen LogP contribution in [0.5, 0.6) is 0 Å². The largest absolute Gasteiger partial charge is 0.509 e. The molecule has 0 unspecified atom stereocenters. The summed E-state index contributed by atoms with van der Waals surface area (Å²) in [7, 11) is 1.59. The highest BCUT2D eigenvalue weighted by Crippen LogP contribution is 2.35. The summed E-state index contributed by atoms with van der Waals surface area (Å²) >= 11 is 0. The zero-order valence-electron chi connectivity index (χ0n) is 14.9. The lowest BCUT2D eigenvalue weighted by atomic mass is 10.1. The Kier molecular flexibility index (Phi) is 5.66. The number of pyridine rings is 1. The molecule has 1 aliphatic heterocycles. The van der Waals surface area contributed by atoms with Gasteiger partial charge in [0.1, 0.15) is 17.4 Å². The minimum absolute atomic E-state index is 0.0806. The monoisotopic (exact) mass is 352 g/mol. The second kappa shape index (κ2) is 7.54. The Morgan fingerprint density at radius 1 is 1.48 bits per heavy atom. The number of anilines is 2. The van der Waals surface area contributed by atoms with E-state index in [2.05, 4.69) is 10.3 Å². The van der Waals surface area contributed by atoms with E-state index in [1.165, 1.54) is 6.20 Å². The highest BCUT2D eigenvalue weighted by molar-refractivity contribution is 5.74. The number of aromatic nitrogens is 1. The van der Waals surface area contributed by atoms with Crippen LogP contribution >= 0.6 is 0 Å². The predicted molar refractivity (Wildman–Crippen MR) is 93.0 cm³/mol. The summed E-state index contributed by atoms with van der Waals surface area (Å²) < 4.78 is 10.5. The SMILES string of the molecule is CNc1nccc(N2CCC[C@@H](OC(=O)OC(C)(C)C)C2)c1[N+](=O)[O-]. The molecule has 1 atom stereocenters. The minimum atomic E-state index is -0.723. The summed E-state index contributed by atoms with van der Waals surface area (Å²) in [6.45, 7) is 6.30. The Morgan fingerprint density at radius 2 is 2.20 bits per heavy atom. The fraction of sp³-hybridized carbons (Fsp3) is 0.625. The van der Waals surface area contributed by atoms with Crippen molar-refractivity contribution in [1.82, 2.24) is 4.98 Å². The Bertz CT molecular complexity index is 644. The maximum absolute atomic E-state index is 11.9. The van der Waals surface area contributed by atoms with Crippen molar-refractivity contribution in [3.05, 3.63) is 22.4 Å². The van der Waals surface area contributed by atoms with E-state index in [9.17, 15) is 14.9 Å². The van der Waals surface area contributed by atoms with E-state index in [0.717, 1.165) is 6.42 Å². The summed E-state index contributed by atoms with van der Waals surface area (Å²) in [5.41, 5.74) is -0.249. The fourth-order valence-electron chi connectivity index (χ4n) is 2.73. The third-order valence-electron chi connectivity index (χ3n) is 3.69. The summed E-state index contributed by atoms with van der Waals surface area (Å²) in [6.07, 6.45) is 1.86. The first-order valence-corrected chi connectivity index (χ1v) is 8.17. The molecular formula is C16H24N4O5. The molecule has 1 aromatic rings. The van der Waals surface area contributed by atoms with Crippen molar-refractivity contribution < 1.29 is 19.2 Å². The fourth-order valence-corrected chi connectivity index (χ4v) is 2.73. The Hall–Kier alpha value is -2.58. The van der Waals surface area contributed by atoms with Gasteiger partial charge in [0.15, 0.2) is 0 Å². The summed E-state index contributed by atoms with van der Waals surface area (Å²) in [5, 5.41) is 14.2. The average molecular weight is 352 g/mol. The van der Waals surface area contributed by atoms with Gasteiger partial charge in [-0.15, -0.1) is 0 Å². The topological polar surface area (TPSA) is 107 Å². The van der Waals surface area contributed by atoms with E-state index in [1.807, 2.05) is 4.90 Å². The molecule has 1 aliphatic rings. The third kappa shape index (κ3) is 4.94. The average Bonchev–Trinajstić information content (AvgIpc) is 2.52. The molecule has 0 bridgehead atoms. The lowest BCUT2D eigenvalue weighted by Crippen LogP contribution is -2.41. The van der Waals surface area contributed by atoms with E-state index >= 15 is 0 Å². The van der Waals surface area contributed by atoms with Gasteiger partial charge in [0.2, 0.25) is 5.82 Å². The lowest BCUT2D eigenvalue weighted by molar-refractivity contribution is -0.383. The minimum Gasteiger partial charge on any atom is -0.429 e. The van der Waals surface area contributed by atoms with Gasteiger partial charge in [0.05, 0.1) is 11.5 Å². The van der Waals surface area contributed by atoms with Gasteiger partial charge in [-0.05, 0) is 39.7 Å². The number of carbonyl (C=O) groups excluding carboxylic acids is 1. The summed E-state index contributed by atoms with van der Waals surface area (Å²) in [5.74, 6) is 0.206. The van der Waals surface area contributed by atoms with Gasteiger partial charge < -0.3 is 19.7 Å². The maximum Gasteiger partial charge on any atom is 0.509 e. The molecule has 9 nitrogen and oxygen atoms in total. The molecular weight excluding hydrogens is 328 g/mol. The molecule has 1 aromatic heterocycles. The molecule has 0 radical (unpaired) electrons. The lowest BCUT2D eigenvalue weighted by Gasteiger charge is -2.34. The van der Waals surface area contributed by atoms with E-state index in [4.69, 9.17) is 9.47 Å². The Balaban J connectivity index is 2.14. The van der Waals surface area contributed by atoms with E-state index < -0.39 is 16.7 Å². The number of hydrogen-bond donors (Lipinski definition) is 1. The van der Waals surface area contributed by atoms with Gasteiger partial charge in [-0.2, -0.15) is 0 Å². The molecule has 0 saturated carbocycles. The molecule has 0 amide bonds. The van der Waals surface area contributed by atoms with Crippen LogP contribution in [0.3, 0.4) is 0 Å². The van der Waals surface area contributed by atoms with Crippen molar-refractivity contribution in [3.63, 3.8) is 0 Å². The highest BCUT2D eigenvalue weighted by atomic mass is 16.7. The van der Waals surface area contributed by atoms with Gasteiger partial charge in [-0.25, -0.2) is 9.78 Å². The number of nitrogens with zero attached hydrogens (tertiary/aromatic N) is 3. The molecule has 138 valence electrons. The Morgan fingerprint density at radius 3 is 2.80 bits per heavy atom. The number of carbonyl (C=O) groups is 1. The molecule has 9 heteroatoms. The molecule has 2 heterocycles. The van der Waals surface area contributed by atoms with E-state index in [1.54, 1.807) is 33.9 Å². The van der Waals surface area contributed by atoms with Crippen LogP contribution in [0.1, 0.15) is 33.6 Å². The van der Waals surface area contributed by atoms with Crippen molar-refractivity contribution in [2.45, 2.75) is 45.3 Å². The second-order valence-corrected chi connectivity index (χ2v) is 6.83.